The van der Waals surface area contributed by atoms with Gasteiger partial charge in [0.1, 0.15) is 0 Å². The van der Waals surface area contributed by atoms with Crippen LogP contribution >= 0.6 is 0 Å². The predicted molar refractivity (Wildman–Crippen MR) is 82.8 cm³/mol. The third kappa shape index (κ3) is 4.19. The Labute approximate surface area is 130 Å². The second kappa shape index (κ2) is 7.09. The van der Waals surface area contributed by atoms with E-state index in [1.807, 2.05) is 6.07 Å². The average Bonchev–Trinajstić information content (AvgIpc) is 2.47. The maximum atomic E-state index is 10.5. The highest BCUT2D eigenvalue weighted by atomic mass is 16.5. The van der Waals surface area contributed by atoms with Crippen molar-refractivity contribution in [2.24, 2.45) is 0 Å². The zero-order valence-electron chi connectivity index (χ0n) is 12.6. The number of morpholine rings is 2. The van der Waals surface area contributed by atoms with E-state index in [4.69, 9.17) is 9.84 Å². The molecule has 2 N–H and O–H groups in total. The minimum Gasteiger partial charge on any atom is -0.465 e. The summed E-state index contributed by atoms with van der Waals surface area (Å²) in [6.45, 7) is 5.83. The van der Waals surface area contributed by atoms with Crippen LogP contribution in [0.15, 0.2) is 30.3 Å². The lowest BCUT2D eigenvalue weighted by Crippen LogP contribution is -2.59. The fourth-order valence-electron chi connectivity index (χ4n) is 3.34. The number of fused-ring (bicyclic) bond motifs is 2. The zero-order chi connectivity index (χ0) is 15.4. The minimum atomic E-state index is -0.956. The maximum Gasteiger partial charge on any atom is 0.404 e. The Morgan fingerprint density at radius 3 is 2.41 bits per heavy atom. The zero-order valence-corrected chi connectivity index (χ0v) is 12.6. The molecule has 2 saturated heterocycles. The third-order valence-corrected chi connectivity index (χ3v) is 4.19. The molecule has 2 fully saturated rings. The smallest absolute Gasteiger partial charge is 0.404 e. The molecule has 2 aliphatic rings. The van der Waals surface area contributed by atoms with Crippen LogP contribution in [0.2, 0.25) is 0 Å². The van der Waals surface area contributed by atoms with Gasteiger partial charge in [-0.25, -0.2) is 4.79 Å². The lowest BCUT2D eigenvalue weighted by Gasteiger charge is -2.45. The number of nitrogens with one attached hydrogen (secondary N) is 1. The van der Waals surface area contributed by atoms with Crippen molar-refractivity contribution in [1.82, 2.24) is 15.1 Å². The molecule has 0 aliphatic carbocycles. The number of carbonyl (C=O) groups is 1. The third-order valence-electron chi connectivity index (χ3n) is 4.19. The normalized spacial score (nSPS) is 25.8. The fraction of sp³-hybridized carbons (Fsp3) is 0.562. The highest BCUT2D eigenvalue weighted by Gasteiger charge is 2.34. The van der Waals surface area contributed by atoms with Crippen LogP contribution in [0, 0.1) is 0 Å². The summed E-state index contributed by atoms with van der Waals surface area (Å²) < 4.78 is 6.03. The molecule has 6 nitrogen and oxygen atoms in total. The number of amides is 1. The standard InChI is InChI=1S/C16H23N3O3/c20-16(21)17-6-7-18-9-14-11-19(12-15(10-18)22-14)8-13-4-2-1-3-5-13/h1-5,14-15,17H,6-12H2,(H,20,21). The van der Waals surface area contributed by atoms with Crippen LogP contribution in [0.5, 0.6) is 0 Å². The number of hydrogen-bond acceptors (Lipinski definition) is 4. The van der Waals surface area contributed by atoms with Gasteiger partial charge in [-0.3, -0.25) is 9.80 Å². The Balaban J connectivity index is 1.48. The van der Waals surface area contributed by atoms with E-state index >= 15 is 0 Å². The summed E-state index contributed by atoms with van der Waals surface area (Å²) in [5.74, 6) is 0. The molecule has 1 amide bonds. The van der Waals surface area contributed by atoms with Crippen LogP contribution in [0.1, 0.15) is 5.56 Å². The van der Waals surface area contributed by atoms with Gasteiger partial charge in [0.05, 0.1) is 12.2 Å². The first-order valence-electron chi connectivity index (χ1n) is 7.80. The molecule has 1 aromatic carbocycles. The molecule has 6 heteroatoms. The molecule has 0 aromatic heterocycles. The lowest BCUT2D eigenvalue weighted by atomic mass is 10.1. The molecule has 0 radical (unpaired) electrons. The van der Waals surface area contributed by atoms with Gasteiger partial charge in [0.2, 0.25) is 0 Å². The van der Waals surface area contributed by atoms with Gasteiger partial charge in [0.15, 0.2) is 0 Å². The average molecular weight is 305 g/mol. The Morgan fingerprint density at radius 1 is 1.14 bits per heavy atom. The number of benzene rings is 1. The van der Waals surface area contributed by atoms with Gasteiger partial charge in [-0.15, -0.1) is 0 Å². The molecule has 2 unspecified atom stereocenters. The summed E-state index contributed by atoms with van der Waals surface area (Å²) in [5, 5.41) is 11.0. The molecule has 22 heavy (non-hydrogen) atoms. The minimum absolute atomic E-state index is 0.223. The quantitative estimate of drug-likeness (QED) is 0.844. The van der Waals surface area contributed by atoms with Crippen molar-refractivity contribution in [3.05, 3.63) is 35.9 Å². The van der Waals surface area contributed by atoms with E-state index in [1.165, 1.54) is 5.56 Å². The number of nitrogens with zero attached hydrogens (tertiary/aromatic N) is 2. The van der Waals surface area contributed by atoms with Gasteiger partial charge in [-0.1, -0.05) is 30.3 Å². The van der Waals surface area contributed by atoms with E-state index in [-0.39, 0.29) is 12.2 Å². The van der Waals surface area contributed by atoms with Gasteiger partial charge in [-0.05, 0) is 5.56 Å². The van der Waals surface area contributed by atoms with Crippen molar-refractivity contribution in [3.63, 3.8) is 0 Å². The topological polar surface area (TPSA) is 65.0 Å². The summed E-state index contributed by atoms with van der Waals surface area (Å²) in [6, 6.07) is 10.5. The Bertz CT molecular complexity index is 483. The highest BCUT2D eigenvalue weighted by Crippen LogP contribution is 2.20. The van der Waals surface area contributed by atoms with Crippen LogP contribution in [0.3, 0.4) is 0 Å². The molecule has 2 aliphatic heterocycles. The molecule has 120 valence electrons. The Hall–Kier alpha value is -1.63. The van der Waals surface area contributed by atoms with Crippen molar-refractivity contribution < 1.29 is 14.6 Å². The summed E-state index contributed by atoms with van der Waals surface area (Å²) in [5.41, 5.74) is 1.34. The Kier molecular flexibility index (Phi) is 4.92. The maximum absolute atomic E-state index is 10.5. The first-order valence-corrected chi connectivity index (χ1v) is 7.80. The van der Waals surface area contributed by atoms with E-state index < -0.39 is 6.09 Å². The second-order valence-corrected chi connectivity index (χ2v) is 6.05. The molecule has 0 saturated carbocycles. The predicted octanol–water partition coefficient (Wildman–Crippen LogP) is 0.839. The fourth-order valence-corrected chi connectivity index (χ4v) is 3.34. The SMILES string of the molecule is O=C(O)NCCN1CC2CN(Cc3ccccc3)CC(C1)O2. The monoisotopic (exact) mass is 305 g/mol. The van der Waals surface area contributed by atoms with Crippen molar-refractivity contribution in [3.8, 4) is 0 Å². The molecule has 2 heterocycles. The van der Waals surface area contributed by atoms with Crippen molar-refractivity contribution in [1.29, 1.82) is 0 Å². The highest BCUT2D eigenvalue weighted by molar-refractivity contribution is 5.64. The van der Waals surface area contributed by atoms with Crippen molar-refractivity contribution in [2.75, 3.05) is 39.3 Å². The van der Waals surface area contributed by atoms with E-state index in [0.29, 0.717) is 6.54 Å². The number of carboxylic acid groups (broad SMARTS) is 1. The van der Waals surface area contributed by atoms with Crippen molar-refractivity contribution >= 4 is 6.09 Å². The summed E-state index contributed by atoms with van der Waals surface area (Å²) >= 11 is 0. The summed E-state index contributed by atoms with van der Waals surface area (Å²) in [4.78, 5) is 15.3. The number of rotatable bonds is 5. The van der Waals surface area contributed by atoms with Gasteiger partial charge < -0.3 is 15.2 Å². The van der Waals surface area contributed by atoms with Gasteiger partial charge in [0.25, 0.3) is 0 Å². The van der Waals surface area contributed by atoms with E-state index in [9.17, 15) is 4.79 Å². The van der Waals surface area contributed by atoms with Crippen LogP contribution in [-0.4, -0.2) is 72.5 Å². The van der Waals surface area contributed by atoms with Crippen LogP contribution in [0.4, 0.5) is 4.79 Å². The van der Waals surface area contributed by atoms with E-state index in [2.05, 4.69) is 39.4 Å². The van der Waals surface area contributed by atoms with Gasteiger partial charge in [-0.2, -0.15) is 0 Å². The van der Waals surface area contributed by atoms with Crippen molar-refractivity contribution in [2.45, 2.75) is 18.8 Å². The molecular weight excluding hydrogens is 282 g/mol. The first kappa shape index (κ1) is 15.3. The largest absolute Gasteiger partial charge is 0.465 e. The molecule has 2 atom stereocenters. The number of ether oxygens (including phenoxy) is 1. The summed E-state index contributed by atoms with van der Waals surface area (Å²) in [7, 11) is 0. The van der Waals surface area contributed by atoms with Gasteiger partial charge in [0, 0.05) is 45.8 Å². The molecule has 3 rings (SSSR count). The second-order valence-electron chi connectivity index (χ2n) is 6.05. The van der Waals surface area contributed by atoms with Crippen LogP contribution in [-0.2, 0) is 11.3 Å². The van der Waals surface area contributed by atoms with Gasteiger partial charge >= 0.3 is 6.09 Å². The molecule has 0 spiro atoms. The first-order chi connectivity index (χ1) is 10.7. The summed E-state index contributed by atoms with van der Waals surface area (Å²) in [6.07, 6.45) is -0.510. The van der Waals surface area contributed by atoms with E-state index in [0.717, 1.165) is 39.3 Å². The van der Waals surface area contributed by atoms with Crippen LogP contribution < -0.4 is 5.32 Å². The molecular formula is C16H23N3O3. The number of hydrogen-bond donors (Lipinski definition) is 2. The Morgan fingerprint density at radius 2 is 1.77 bits per heavy atom. The molecule has 1 aromatic rings. The molecule has 2 bridgehead atoms. The van der Waals surface area contributed by atoms with E-state index in [1.54, 1.807) is 0 Å². The lowest BCUT2D eigenvalue weighted by molar-refractivity contribution is -0.139. The van der Waals surface area contributed by atoms with Crippen LogP contribution in [0.25, 0.3) is 0 Å².